The van der Waals surface area contributed by atoms with Crippen LogP contribution in [0, 0.1) is 6.92 Å². The Kier molecular flexibility index (Phi) is 3.97. The minimum Gasteiger partial charge on any atom is -0.288 e. The van der Waals surface area contributed by atoms with Crippen LogP contribution in [0.4, 0.5) is 5.95 Å². The summed E-state index contributed by atoms with van der Waals surface area (Å²) in [6, 6.07) is 6.80. The Bertz CT molecular complexity index is 1080. The summed E-state index contributed by atoms with van der Waals surface area (Å²) in [6.45, 7) is 1.83. The lowest BCUT2D eigenvalue weighted by Crippen LogP contribution is -2.43. The van der Waals surface area contributed by atoms with E-state index in [0.717, 1.165) is 14.8 Å². The number of nitrogens with zero attached hydrogens (tertiary/aromatic N) is 7. The maximum absolute atomic E-state index is 12.7. The summed E-state index contributed by atoms with van der Waals surface area (Å²) in [5.41, 5.74) is -0.734. The second-order valence-corrected chi connectivity index (χ2v) is 5.31. The predicted octanol–water partition coefficient (Wildman–Crippen LogP) is -0.985. The van der Waals surface area contributed by atoms with E-state index in [-0.39, 0.29) is 5.95 Å². The third kappa shape index (κ3) is 2.94. The number of rotatable bonds is 3. The number of carbonyl (C=O) groups excluding carboxylic acids is 1. The molecule has 0 aliphatic heterocycles. The van der Waals surface area contributed by atoms with E-state index in [0.29, 0.717) is 5.69 Å². The number of carbonyl (C=O) groups is 1. The standard InChI is InChI=1S/C14H14N8O3/c1-8-5-4-6-9(7-8)22-12(24)10(17-21(3)14(22)25)11(23)15-13-16-18-19-20(13)2/h4-7H,1-3H3,(H,15,16,19,23). The molecule has 0 unspecified atom stereocenters. The molecule has 0 atom stereocenters. The van der Waals surface area contributed by atoms with Gasteiger partial charge in [0.05, 0.1) is 5.69 Å². The quantitative estimate of drug-likeness (QED) is 0.647. The molecule has 0 aliphatic rings. The van der Waals surface area contributed by atoms with Crippen molar-refractivity contribution in [2.75, 3.05) is 5.32 Å². The van der Waals surface area contributed by atoms with Crippen LogP contribution in [0.5, 0.6) is 0 Å². The molecule has 0 bridgehead atoms. The number of amides is 1. The van der Waals surface area contributed by atoms with Gasteiger partial charge in [0, 0.05) is 14.1 Å². The Morgan fingerprint density at radius 1 is 1.16 bits per heavy atom. The first-order valence-electron chi connectivity index (χ1n) is 7.19. The molecule has 128 valence electrons. The van der Waals surface area contributed by atoms with Crippen LogP contribution in [-0.4, -0.2) is 40.5 Å². The third-order valence-electron chi connectivity index (χ3n) is 3.44. The number of tetrazole rings is 1. The zero-order valence-corrected chi connectivity index (χ0v) is 13.7. The SMILES string of the molecule is Cc1cccc(-n2c(=O)c(C(=O)Nc3nnnn3C)nn(C)c2=O)c1. The van der Waals surface area contributed by atoms with E-state index in [1.165, 1.54) is 18.8 Å². The van der Waals surface area contributed by atoms with E-state index >= 15 is 0 Å². The number of nitrogens with one attached hydrogen (secondary N) is 1. The molecule has 3 aromatic rings. The first-order chi connectivity index (χ1) is 11.9. The molecule has 0 spiro atoms. The molecule has 0 fully saturated rings. The van der Waals surface area contributed by atoms with Crippen LogP contribution < -0.4 is 16.6 Å². The highest BCUT2D eigenvalue weighted by atomic mass is 16.2. The van der Waals surface area contributed by atoms with Crippen LogP contribution in [0.1, 0.15) is 16.1 Å². The van der Waals surface area contributed by atoms with Crippen LogP contribution in [0.15, 0.2) is 33.9 Å². The van der Waals surface area contributed by atoms with Crippen LogP contribution in [0.2, 0.25) is 0 Å². The van der Waals surface area contributed by atoms with E-state index in [1.807, 2.05) is 13.0 Å². The molecule has 3 rings (SSSR count). The summed E-state index contributed by atoms with van der Waals surface area (Å²) < 4.78 is 3.04. The zero-order chi connectivity index (χ0) is 18.1. The van der Waals surface area contributed by atoms with Crippen LogP contribution in [0.25, 0.3) is 5.69 Å². The monoisotopic (exact) mass is 342 g/mol. The van der Waals surface area contributed by atoms with Gasteiger partial charge >= 0.3 is 5.69 Å². The first kappa shape index (κ1) is 16.2. The minimum atomic E-state index is -0.832. The van der Waals surface area contributed by atoms with E-state index in [4.69, 9.17) is 0 Å². The molecule has 2 aromatic heterocycles. The smallest absolute Gasteiger partial charge is 0.288 e. The zero-order valence-electron chi connectivity index (χ0n) is 13.7. The fourth-order valence-electron chi connectivity index (χ4n) is 2.21. The van der Waals surface area contributed by atoms with Gasteiger partial charge in [-0.05, 0) is 35.0 Å². The predicted molar refractivity (Wildman–Crippen MR) is 86.6 cm³/mol. The third-order valence-corrected chi connectivity index (χ3v) is 3.44. The van der Waals surface area contributed by atoms with Gasteiger partial charge in [-0.1, -0.05) is 17.2 Å². The molecule has 0 saturated carbocycles. The number of benzene rings is 1. The average Bonchev–Trinajstić information content (AvgIpc) is 2.96. The van der Waals surface area contributed by atoms with Gasteiger partial charge in [-0.15, -0.1) is 0 Å². The maximum Gasteiger partial charge on any atom is 0.351 e. The highest BCUT2D eigenvalue weighted by Gasteiger charge is 2.21. The lowest BCUT2D eigenvalue weighted by molar-refractivity contribution is 0.101. The summed E-state index contributed by atoms with van der Waals surface area (Å²) in [6.07, 6.45) is 0. The van der Waals surface area contributed by atoms with Crippen molar-refractivity contribution in [2.45, 2.75) is 6.92 Å². The molecule has 1 aromatic carbocycles. The van der Waals surface area contributed by atoms with Gasteiger partial charge in [0.25, 0.3) is 11.5 Å². The Balaban J connectivity index is 2.13. The van der Waals surface area contributed by atoms with Gasteiger partial charge in [0.15, 0.2) is 0 Å². The number of aryl methyl sites for hydroxylation is 3. The van der Waals surface area contributed by atoms with Crippen molar-refractivity contribution in [3.8, 4) is 5.69 Å². The topological polar surface area (TPSA) is 130 Å². The number of hydrogen-bond donors (Lipinski definition) is 1. The van der Waals surface area contributed by atoms with Crippen molar-refractivity contribution in [3.63, 3.8) is 0 Å². The Labute approximate surface area is 140 Å². The fraction of sp³-hybridized carbons (Fsp3) is 0.214. The van der Waals surface area contributed by atoms with E-state index in [1.54, 1.807) is 18.2 Å². The number of anilines is 1. The summed E-state index contributed by atoms with van der Waals surface area (Å²) in [4.78, 5) is 37.4. The lowest BCUT2D eigenvalue weighted by atomic mass is 10.2. The molecule has 11 heteroatoms. The van der Waals surface area contributed by atoms with Crippen molar-refractivity contribution in [1.29, 1.82) is 0 Å². The minimum absolute atomic E-state index is 0.0437. The molecule has 0 radical (unpaired) electrons. The molecule has 2 heterocycles. The summed E-state index contributed by atoms with van der Waals surface area (Å²) in [5, 5.41) is 16.7. The van der Waals surface area contributed by atoms with Crippen LogP contribution >= 0.6 is 0 Å². The molecular formula is C14H14N8O3. The molecule has 1 N–H and O–H groups in total. The highest BCUT2D eigenvalue weighted by Crippen LogP contribution is 2.06. The van der Waals surface area contributed by atoms with Crippen LogP contribution in [0.3, 0.4) is 0 Å². The molecular weight excluding hydrogens is 328 g/mol. The van der Waals surface area contributed by atoms with Gasteiger partial charge in [-0.3, -0.25) is 14.9 Å². The van der Waals surface area contributed by atoms with Gasteiger partial charge in [-0.2, -0.15) is 5.10 Å². The van der Waals surface area contributed by atoms with Gasteiger partial charge in [-0.25, -0.2) is 18.7 Å². The first-order valence-corrected chi connectivity index (χ1v) is 7.19. The average molecular weight is 342 g/mol. The lowest BCUT2D eigenvalue weighted by Gasteiger charge is -2.09. The van der Waals surface area contributed by atoms with Crippen molar-refractivity contribution in [3.05, 3.63) is 56.4 Å². The normalized spacial score (nSPS) is 10.7. The van der Waals surface area contributed by atoms with E-state index in [2.05, 4.69) is 25.9 Å². The molecule has 1 amide bonds. The van der Waals surface area contributed by atoms with E-state index in [9.17, 15) is 14.4 Å². The van der Waals surface area contributed by atoms with Crippen molar-refractivity contribution >= 4 is 11.9 Å². The second-order valence-electron chi connectivity index (χ2n) is 5.31. The van der Waals surface area contributed by atoms with Gasteiger partial charge in [0.1, 0.15) is 0 Å². The molecule has 25 heavy (non-hydrogen) atoms. The van der Waals surface area contributed by atoms with Crippen molar-refractivity contribution in [1.82, 2.24) is 34.6 Å². The van der Waals surface area contributed by atoms with Gasteiger partial charge in [0.2, 0.25) is 11.6 Å². The Morgan fingerprint density at radius 3 is 2.56 bits per heavy atom. The number of aromatic nitrogens is 7. The molecule has 11 nitrogen and oxygen atoms in total. The van der Waals surface area contributed by atoms with Crippen molar-refractivity contribution in [2.24, 2.45) is 14.1 Å². The fourth-order valence-corrected chi connectivity index (χ4v) is 2.21. The van der Waals surface area contributed by atoms with Gasteiger partial charge < -0.3 is 0 Å². The second kappa shape index (κ2) is 6.11. The Morgan fingerprint density at radius 2 is 1.92 bits per heavy atom. The van der Waals surface area contributed by atoms with E-state index < -0.39 is 22.9 Å². The summed E-state index contributed by atoms with van der Waals surface area (Å²) in [7, 11) is 2.88. The number of hydrogen-bond acceptors (Lipinski definition) is 7. The van der Waals surface area contributed by atoms with Crippen LogP contribution in [-0.2, 0) is 14.1 Å². The van der Waals surface area contributed by atoms with Crippen molar-refractivity contribution < 1.29 is 4.79 Å². The summed E-state index contributed by atoms with van der Waals surface area (Å²) in [5.74, 6) is -0.776. The molecule has 0 saturated heterocycles. The Hall–Kier alpha value is -3.63. The summed E-state index contributed by atoms with van der Waals surface area (Å²) >= 11 is 0. The molecule has 0 aliphatic carbocycles. The largest absolute Gasteiger partial charge is 0.351 e. The maximum atomic E-state index is 12.7. The highest BCUT2D eigenvalue weighted by molar-refractivity contribution is 6.01.